The second-order valence-electron chi connectivity index (χ2n) is 4.84. The third kappa shape index (κ3) is 2.86. The fraction of sp³-hybridized carbons (Fsp3) is 0.286. The molecule has 7 heteroatoms. The van der Waals surface area contributed by atoms with Crippen LogP contribution in [0.1, 0.15) is 0 Å². The van der Waals surface area contributed by atoms with Gasteiger partial charge in [-0.25, -0.2) is 0 Å². The van der Waals surface area contributed by atoms with E-state index in [9.17, 15) is 9.90 Å². The SMILES string of the molecule is O=c1[nH]c(N2CCNCC2)nc(O)c1-c1cccc(Cl)c1. The smallest absolute Gasteiger partial charge is 0.264 e. The van der Waals surface area contributed by atoms with E-state index in [1.54, 1.807) is 24.3 Å². The first-order valence-electron chi connectivity index (χ1n) is 6.70. The van der Waals surface area contributed by atoms with Crippen molar-refractivity contribution in [3.05, 3.63) is 39.6 Å². The van der Waals surface area contributed by atoms with Crippen molar-refractivity contribution in [3.63, 3.8) is 0 Å². The zero-order chi connectivity index (χ0) is 14.8. The first kappa shape index (κ1) is 13.9. The maximum Gasteiger partial charge on any atom is 0.264 e. The Bertz CT molecular complexity index is 710. The number of aromatic amines is 1. The molecular weight excluding hydrogens is 292 g/mol. The van der Waals surface area contributed by atoms with E-state index in [4.69, 9.17) is 11.6 Å². The Morgan fingerprint density at radius 1 is 1.29 bits per heavy atom. The second kappa shape index (κ2) is 5.75. The summed E-state index contributed by atoms with van der Waals surface area (Å²) >= 11 is 5.92. The zero-order valence-corrected chi connectivity index (χ0v) is 12.0. The molecule has 0 amide bonds. The molecule has 1 aromatic heterocycles. The molecule has 0 saturated carbocycles. The van der Waals surface area contributed by atoms with Crippen molar-refractivity contribution in [3.8, 4) is 17.0 Å². The molecule has 21 heavy (non-hydrogen) atoms. The normalized spacial score (nSPS) is 15.2. The number of nitrogens with zero attached hydrogens (tertiary/aromatic N) is 2. The van der Waals surface area contributed by atoms with Gasteiger partial charge in [0.15, 0.2) is 0 Å². The van der Waals surface area contributed by atoms with Gasteiger partial charge in [-0.15, -0.1) is 0 Å². The highest BCUT2D eigenvalue weighted by molar-refractivity contribution is 6.30. The summed E-state index contributed by atoms with van der Waals surface area (Å²) in [5.41, 5.74) is 0.301. The molecule has 110 valence electrons. The molecule has 1 fully saturated rings. The number of aromatic nitrogens is 2. The standard InChI is InChI=1S/C14H15ClN4O2/c15-10-3-1-2-9(8-10)11-12(20)17-14(18-13(11)21)19-6-4-16-5-7-19/h1-3,8,16H,4-7H2,(H2,17,18,20,21). The van der Waals surface area contributed by atoms with Crippen molar-refractivity contribution < 1.29 is 5.11 Å². The molecule has 1 saturated heterocycles. The number of hydrogen-bond acceptors (Lipinski definition) is 5. The maximum atomic E-state index is 12.3. The number of nitrogens with one attached hydrogen (secondary N) is 2. The third-order valence-corrected chi connectivity index (χ3v) is 3.65. The number of aromatic hydroxyl groups is 1. The summed E-state index contributed by atoms with van der Waals surface area (Å²) in [5.74, 6) is 0.110. The molecule has 2 heterocycles. The number of halogens is 1. The minimum Gasteiger partial charge on any atom is -0.493 e. The first-order valence-corrected chi connectivity index (χ1v) is 7.08. The van der Waals surface area contributed by atoms with E-state index in [-0.39, 0.29) is 17.0 Å². The topological polar surface area (TPSA) is 81.2 Å². The summed E-state index contributed by atoms with van der Waals surface area (Å²) in [6.07, 6.45) is 0. The van der Waals surface area contributed by atoms with Crippen LogP contribution in [0.4, 0.5) is 5.95 Å². The van der Waals surface area contributed by atoms with Gasteiger partial charge in [-0.2, -0.15) is 4.98 Å². The van der Waals surface area contributed by atoms with Crippen molar-refractivity contribution in [1.82, 2.24) is 15.3 Å². The molecule has 1 aliphatic rings. The molecule has 1 aromatic carbocycles. The van der Waals surface area contributed by atoms with Gasteiger partial charge in [0.2, 0.25) is 11.8 Å². The summed E-state index contributed by atoms with van der Waals surface area (Å²) in [5, 5.41) is 13.8. The fourth-order valence-electron chi connectivity index (χ4n) is 2.38. The van der Waals surface area contributed by atoms with Gasteiger partial charge in [0.25, 0.3) is 5.56 Å². The maximum absolute atomic E-state index is 12.3. The minimum absolute atomic E-state index is 0.136. The third-order valence-electron chi connectivity index (χ3n) is 3.42. The average molecular weight is 307 g/mol. The average Bonchev–Trinajstić information content (AvgIpc) is 2.47. The number of rotatable bonds is 2. The minimum atomic E-state index is -0.377. The van der Waals surface area contributed by atoms with Crippen LogP contribution in [0, 0.1) is 0 Å². The number of benzene rings is 1. The van der Waals surface area contributed by atoms with Crippen molar-refractivity contribution in [2.24, 2.45) is 0 Å². The van der Waals surface area contributed by atoms with Crippen LogP contribution in [-0.2, 0) is 0 Å². The van der Waals surface area contributed by atoms with Gasteiger partial charge < -0.3 is 15.3 Å². The van der Waals surface area contributed by atoms with Crippen LogP contribution < -0.4 is 15.8 Å². The molecule has 3 N–H and O–H groups in total. The summed E-state index contributed by atoms with van der Waals surface area (Å²) in [7, 11) is 0. The molecule has 0 aliphatic carbocycles. The number of hydrogen-bond donors (Lipinski definition) is 3. The Balaban J connectivity index is 2.02. The molecule has 0 spiro atoms. The predicted octanol–water partition coefficient (Wildman–Crippen LogP) is 1.21. The number of piperazine rings is 1. The molecule has 0 atom stereocenters. The zero-order valence-electron chi connectivity index (χ0n) is 11.3. The van der Waals surface area contributed by atoms with E-state index in [1.165, 1.54) is 0 Å². The van der Waals surface area contributed by atoms with E-state index in [2.05, 4.69) is 15.3 Å². The second-order valence-corrected chi connectivity index (χ2v) is 5.27. The quantitative estimate of drug-likeness (QED) is 0.777. The summed E-state index contributed by atoms with van der Waals surface area (Å²) in [6, 6.07) is 6.76. The number of anilines is 1. The molecule has 6 nitrogen and oxygen atoms in total. The van der Waals surface area contributed by atoms with Gasteiger partial charge >= 0.3 is 0 Å². The number of H-pyrrole nitrogens is 1. The molecule has 0 bridgehead atoms. The van der Waals surface area contributed by atoms with Crippen molar-refractivity contribution >= 4 is 17.5 Å². The van der Waals surface area contributed by atoms with Crippen LogP contribution in [0.15, 0.2) is 29.1 Å². The largest absolute Gasteiger partial charge is 0.493 e. The van der Waals surface area contributed by atoms with Crippen LogP contribution in [-0.4, -0.2) is 41.3 Å². The lowest BCUT2D eigenvalue weighted by atomic mass is 10.1. The van der Waals surface area contributed by atoms with Crippen LogP contribution in [0.5, 0.6) is 5.88 Å². The van der Waals surface area contributed by atoms with Gasteiger partial charge in [-0.3, -0.25) is 9.78 Å². The van der Waals surface area contributed by atoms with E-state index < -0.39 is 0 Å². The van der Waals surface area contributed by atoms with Crippen molar-refractivity contribution in [2.75, 3.05) is 31.1 Å². The molecule has 0 unspecified atom stereocenters. The van der Waals surface area contributed by atoms with Crippen molar-refractivity contribution in [1.29, 1.82) is 0 Å². The Labute approximate surface area is 126 Å². The molecule has 1 aliphatic heterocycles. The highest BCUT2D eigenvalue weighted by Crippen LogP contribution is 2.26. The van der Waals surface area contributed by atoms with Gasteiger partial charge in [-0.1, -0.05) is 23.7 Å². The fourth-order valence-corrected chi connectivity index (χ4v) is 2.57. The monoisotopic (exact) mass is 306 g/mol. The summed E-state index contributed by atoms with van der Waals surface area (Å²) in [4.78, 5) is 21.1. The molecule has 0 radical (unpaired) electrons. The van der Waals surface area contributed by atoms with E-state index in [1.807, 2.05) is 4.90 Å². The Hall–Kier alpha value is -2.05. The summed E-state index contributed by atoms with van der Waals surface area (Å²) in [6.45, 7) is 3.11. The van der Waals surface area contributed by atoms with Crippen molar-refractivity contribution in [2.45, 2.75) is 0 Å². The van der Waals surface area contributed by atoms with Gasteiger partial charge in [0.1, 0.15) is 5.56 Å². The van der Waals surface area contributed by atoms with E-state index in [0.717, 1.165) is 26.2 Å². The Kier molecular flexibility index (Phi) is 3.81. The molecular formula is C14H15ClN4O2. The lowest BCUT2D eigenvalue weighted by Crippen LogP contribution is -2.44. The highest BCUT2D eigenvalue weighted by Gasteiger charge is 2.18. The van der Waals surface area contributed by atoms with Gasteiger partial charge in [0.05, 0.1) is 0 Å². The van der Waals surface area contributed by atoms with Gasteiger partial charge in [0, 0.05) is 31.2 Å². The Morgan fingerprint density at radius 3 is 2.71 bits per heavy atom. The van der Waals surface area contributed by atoms with Gasteiger partial charge in [-0.05, 0) is 17.7 Å². The van der Waals surface area contributed by atoms with Crippen LogP contribution in [0.3, 0.4) is 0 Å². The summed E-state index contributed by atoms with van der Waals surface area (Å²) < 4.78 is 0. The van der Waals surface area contributed by atoms with E-state index in [0.29, 0.717) is 16.5 Å². The molecule has 3 rings (SSSR count). The first-order chi connectivity index (χ1) is 10.1. The van der Waals surface area contributed by atoms with Crippen LogP contribution in [0.25, 0.3) is 11.1 Å². The Morgan fingerprint density at radius 2 is 2.05 bits per heavy atom. The van der Waals surface area contributed by atoms with Crippen LogP contribution in [0.2, 0.25) is 5.02 Å². The highest BCUT2D eigenvalue weighted by atomic mass is 35.5. The lowest BCUT2D eigenvalue weighted by molar-refractivity contribution is 0.451. The molecule has 2 aromatic rings. The van der Waals surface area contributed by atoms with Crippen LogP contribution >= 0.6 is 11.6 Å². The predicted molar refractivity (Wildman–Crippen MR) is 82.1 cm³/mol. The lowest BCUT2D eigenvalue weighted by Gasteiger charge is -2.27. The van der Waals surface area contributed by atoms with E-state index >= 15 is 0 Å².